The molecule has 0 aliphatic heterocycles. The molecule has 0 saturated heterocycles. The fraction of sp³-hybridized carbons (Fsp3) is 0.700. The lowest BCUT2D eigenvalue weighted by atomic mass is 9.84. The van der Waals surface area contributed by atoms with Gasteiger partial charge in [-0.05, 0) is 68.2 Å². The fourth-order valence-electron chi connectivity index (χ4n) is 3.48. The molecule has 1 heteroatoms. The van der Waals surface area contributed by atoms with E-state index in [1.54, 1.807) is 5.56 Å². The molecule has 1 aromatic rings. The molecule has 0 bridgehead atoms. The number of nitrogens with one attached hydrogen (secondary N) is 1. The first-order valence-electron chi connectivity index (χ1n) is 9.09. The van der Waals surface area contributed by atoms with Gasteiger partial charge >= 0.3 is 0 Å². The van der Waals surface area contributed by atoms with E-state index in [0.717, 1.165) is 24.9 Å². The quantitative estimate of drug-likeness (QED) is 0.639. The van der Waals surface area contributed by atoms with Gasteiger partial charge in [-0.25, -0.2) is 0 Å². The lowest BCUT2D eigenvalue weighted by molar-refractivity contribution is 0.443. The van der Waals surface area contributed by atoms with Gasteiger partial charge in [-0.2, -0.15) is 0 Å². The molecule has 118 valence electrons. The van der Waals surface area contributed by atoms with Crippen LogP contribution in [0, 0.1) is 5.92 Å². The van der Waals surface area contributed by atoms with E-state index in [9.17, 15) is 0 Å². The zero-order valence-electron chi connectivity index (χ0n) is 14.0. The van der Waals surface area contributed by atoms with E-state index >= 15 is 0 Å². The van der Waals surface area contributed by atoms with Gasteiger partial charge < -0.3 is 5.32 Å². The summed E-state index contributed by atoms with van der Waals surface area (Å²) in [6, 6.07) is 9.55. The molecule has 0 amide bonds. The smallest absolute Gasteiger partial charge is 0.00465 e. The average Bonchev–Trinajstić information content (AvgIpc) is 2.54. The second-order valence-electron chi connectivity index (χ2n) is 6.86. The van der Waals surface area contributed by atoms with Gasteiger partial charge in [0, 0.05) is 0 Å². The molecule has 0 heterocycles. The minimum Gasteiger partial charge on any atom is -0.317 e. The first kappa shape index (κ1) is 16.5. The van der Waals surface area contributed by atoms with Crippen LogP contribution >= 0.6 is 0 Å². The maximum Gasteiger partial charge on any atom is -0.00465 e. The van der Waals surface area contributed by atoms with E-state index in [0.29, 0.717) is 0 Å². The van der Waals surface area contributed by atoms with Crippen molar-refractivity contribution < 1.29 is 0 Å². The molecule has 0 radical (unpaired) electrons. The largest absolute Gasteiger partial charge is 0.317 e. The highest BCUT2D eigenvalue weighted by Gasteiger charge is 2.15. The molecule has 1 unspecified atom stereocenters. The normalized spacial score (nSPS) is 17.8. The highest BCUT2D eigenvalue weighted by molar-refractivity contribution is 5.25. The van der Waals surface area contributed by atoms with E-state index in [-0.39, 0.29) is 0 Å². The summed E-state index contributed by atoms with van der Waals surface area (Å²) < 4.78 is 0. The summed E-state index contributed by atoms with van der Waals surface area (Å²) in [5.41, 5.74) is 3.10. The number of hydrogen-bond donors (Lipinski definition) is 1. The second-order valence-corrected chi connectivity index (χ2v) is 6.86. The van der Waals surface area contributed by atoms with Gasteiger partial charge in [0.15, 0.2) is 0 Å². The topological polar surface area (TPSA) is 12.0 Å². The van der Waals surface area contributed by atoms with Gasteiger partial charge in [0.05, 0.1) is 0 Å². The second kappa shape index (κ2) is 9.25. The predicted octanol–water partition coefficient (Wildman–Crippen LogP) is 5.30. The number of aryl methyl sites for hydroxylation is 1. The Morgan fingerprint density at radius 2 is 1.76 bits per heavy atom. The highest BCUT2D eigenvalue weighted by atomic mass is 14.8. The van der Waals surface area contributed by atoms with Crippen LogP contribution in [0.2, 0.25) is 0 Å². The molecule has 1 aromatic carbocycles. The van der Waals surface area contributed by atoms with Crippen LogP contribution in [0.3, 0.4) is 0 Å². The summed E-state index contributed by atoms with van der Waals surface area (Å²) in [5.74, 6) is 1.66. The summed E-state index contributed by atoms with van der Waals surface area (Å²) in [6.07, 6.45) is 11.0. The SMILES string of the molecule is CCNCCC(C)CCc1ccc(C2CCCCC2)cc1. The standard InChI is InChI=1S/C20H33N/c1-3-21-16-15-17(2)9-10-18-11-13-20(14-12-18)19-7-5-4-6-8-19/h11-14,17,19,21H,3-10,15-16H2,1-2H3. The third-order valence-corrected chi connectivity index (χ3v) is 5.05. The summed E-state index contributed by atoms with van der Waals surface area (Å²) in [6.45, 7) is 6.82. The van der Waals surface area contributed by atoms with Crippen LogP contribution in [0.4, 0.5) is 0 Å². The molecule has 1 saturated carbocycles. The van der Waals surface area contributed by atoms with Crippen LogP contribution in [0.15, 0.2) is 24.3 Å². The molecule has 1 fully saturated rings. The zero-order chi connectivity index (χ0) is 14.9. The van der Waals surface area contributed by atoms with Crippen molar-refractivity contribution >= 4 is 0 Å². The number of rotatable bonds is 8. The van der Waals surface area contributed by atoms with Crippen molar-refractivity contribution in [2.45, 2.75) is 71.1 Å². The van der Waals surface area contributed by atoms with Crippen molar-refractivity contribution in [3.8, 4) is 0 Å². The Bertz CT molecular complexity index is 375. The first-order valence-corrected chi connectivity index (χ1v) is 9.09. The van der Waals surface area contributed by atoms with Crippen molar-refractivity contribution in [1.82, 2.24) is 5.32 Å². The Balaban J connectivity index is 1.74. The molecule has 21 heavy (non-hydrogen) atoms. The van der Waals surface area contributed by atoms with E-state index < -0.39 is 0 Å². The van der Waals surface area contributed by atoms with Gasteiger partial charge in [0.1, 0.15) is 0 Å². The van der Waals surface area contributed by atoms with Gasteiger partial charge in [0.25, 0.3) is 0 Å². The number of hydrogen-bond acceptors (Lipinski definition) is 1. The summed E-state index contributed by atoms with van der Waals surface area (Å²) in [4.78, 5) is 0. The Labute approximate surface area is 131 Å². The maximum absolute atomic E-state index is 3.42. The number of benzene rings is 1. The Kier molecular flexibility index (Phi) is 7.29. The van der Waals surface area contributed by atoms with Crippen LogP contribution in [-0.2, 0) is 6.42 Å². The van der Waals surface area contributed by atoms with Gasteiger partial charge in [0.2, 0.25) is 0 Å². The van der Waals surface area contributed by atoms with Crippen LogP contribution in [0.1, 0.15) is 75.8 Å². The molecule has 1 aliphatic rings. The van der Waals surface area contributed by atoms with Crippen LogP contribution in [-0.4, -0.2) is 13.1 Å². The summed E-state index contributed by atoms with van der Waals surface area (Å²) >= 11 is 0. The molecule has 0 aromatic heterocycles. The first-order chi connectivity index (χ1) is 10.3. The molecule has 2 rings (SSSR count). The molecule has 1 N–H and O–H groups in total. The van der Waals surface area contributed by atoms with Crippen LogP contribution < -0.4 is 5.32 Å². The highest BCUT2D eigenvalue weighted by Crippen LogP contribution is 2.32. The van der Waals surface area contributed by atoms with Crippen molar-refractivity contribution in [2.24, 2.45) is 5.92 Å². The van der Waals surface area contributed by atoms with Gasteiger partial charge in [-0.1, -0.05) is 57.4 Å². The minimum atomic E-state index is 0.821. The van der Waals surface area contributed by atoms with E-state index in [1.807, 2.05) is 0 Å². The lowest BCUT2D eigenvalue weighted by Crippen LogP contribution is -2.16. The van der Waals surface area contributed by atoms with Gasteiger partial charge in [-0.3, -0.25) is 0 Å². The molecule has 1 aliphatic carbocycles. The van der Waals surface area contributed by atoms with E-state index in [2.05, 4.69) is 43.4 Å². The molecule has 1 nitrogen and oxygen atoms in total. The molecule has 0 spiro atoms. The third kappa shape index (κ3) is 5.82. The average molecular weight is 287 g/mol. The third-order valence-electron chi connectivity index (χ3n) is 5.05. The molecular formula is C20H33N. The predicted molar refractivity (Wildman–Crippen MR) is 92.9 cm³/mol. The van der Waals surface area contributed by atoms with E-state index in [1.165, 1.54) is 56.9 Å². The van der Waals surface area contributed by atoms with Crippen molar-refractivity contribution in [3.05, 3.63) is 35.4 Å². The van der Waals surface area contributed by atoms with Crippen molar-refractivity contribution in [2.75, 3.05) is 13.1 Å². The van der Waals surface area contributed by atoms with E-state index in [4.69, 9.17) is 0 Å². The Hall–Kier alpha value is -0.820. The zero-order valence-corrected chi connectivity index (χ0v) is 14.0. The molecule has 1 atom stereocenters. The monoisotopic (exact) mass is 287 g/mol. The summed E-state index contributed by atoms with van der Waals surface area (Å²) in [5, 5.41) is 3.42. The summed E-state index contributed by atoms with van der Waals surface area (Å²) in [7, 11) is 0. The Morgan fingerprint density at radius 3 is 2.43 bits per heavy atom. The van der Waals surface area contributed by atoms with Crippen molar-refractivity contribution in [3.63, 3.8) is 0 Å². The minimum absolute atomic E-state index is 0.821. The van der Waals surface area contributed by atoms with Crippen LogP contribution in [0.25, 0.3) is 0 Å². The molecular weight excluding hydrogens is 254 g/mol. The van der Waals surface area contributed by atoms with Crippen molar-refractivity contribution in [1.29, 1.82) is 0 Å². The lowest BCUT2D eigenvalue weighted by Gasteiger charge is -2.22. The fourth-order valence-corrected chi connectivity index (χ4v) is 3.48. The maximum atomic E-state index is 3.42. The Morgan fingerprint density at radius 1 is 1.05 bits per heavy atom. The van der Waals surface area contributed by atoms with Gasteiger partial charge in [-0.15, -0.1) is 0 Å². The van der Waals surface area contributed by atoms with Crippen LogP contribution in [0.5, 0.6) is 0 Å².